The zero-order valence-corrected chi connectivity index (χ0v) is 27.7. The molecule has 0 aliphatic carbocycles. The maximum Gasteiger partial charge on any atom is 0.407 e. The van der Waals surface area contributed by atoms with Crippen LogP contribution >= 0.6 is 11.8 Å². The van der Waals surface area contributed by atoms with Crippen molar-refractivity contribution in [3.8, 4) is 11.5 Å². The molecule has 3 rings (SSSR count). The number of alkyl carbamates (subject to hydrolysis) is 1. The summed E-state index contributed by atoms with van der Waals surface area (Å²) in [5.74, 6) is 2.16. The highest BCUT2D eigenvalue weighted by molar-refractivity contribution is 7.99. The van der Waals surface area contributed by atoms with Gasteiger partial charge in [-0.3, -0.25) is 4.18 Å². The summed E-state index contributed by atoms with van der Waals surface area (Å²) in [6.07, 6.45) is 2.18. The summed E-state index contributed by atoms with van der Waals surface area (Å²) < 4.78 is 46.9. The quantitative estimate of drug-likeness (QED) is 0.165. The minimum Gasteiger partial charge on any atom is -0.497 e. The largest absolute Gasteiger partial charge is 0.497 e. The normalized spacial score (nSPS) is 13.3. The molecule has 0 fully saturated rings. The Labute approximate surface area is 266 Å². The molecule has 2 unspecified atom stereocenters. The maximum absolute atomic E-state index is 13.0. The summed E-state index contributed by atoms with van der Waals surface area (Å²) >= 11 is 1.63. The van der Waals surface area contributed by atoms with Crippen molar-refractivity contribution in [1.29, 1.82) is 0 Å². The van der Waals surface area contributed by atoms with E-state index in [1.165, 1.54) is 6.08 Å². The lowest BCUT2D eigenvalue weighted by Crippen LogP contribution is -2.41. The predicted molar refractivity (Wildman–Crippen MR) is 176 cm³/mol. The first kappa shape index (κ1) is 35.0. The Hall–Kier alpha value is -3.47. The van der Waals surface area contributed by atoms with Gasteiger partial charge in [-0.05, 0) is 65.3 Å². The average molecular weight is 642 g/mol. The molecule has 0 aromatic heterocycles. The van der Waals surface area contributed by atoms with E-state index in [1.54, 1.807) is 26.0 Å². The lowest BCUT2D eigenvalue weighted by atomic mass is 9.99. The number of nitrogens with one attached hydrogen (secondary N) is 1. The summed E-state index contributed by atoms with van der Waals surface area (Å²) in [4.78, 5) is 13.0. The van der Waals surface area contributed by atoms with Gasteiger partial charge >= 0.3 is 6.09 Å². The number of methoxy groups -OCH3 is 2. The van der Waals surface area contributed by atoms with E-state index in [-0.39, 0.29) is 23.9 Å². The van der Waals surface area contributed by atoms with Gasteiger partial charge in [0.05, 0.1) is 32.3 Å². The van der Waals surface area contributed by atoms with Crippen molar-refractivity contribution in [3.63, 3.8) is 0 Å². The van der Waals surface area contributed by atoms with Crippen LogP contribution in [0.2, 0.25) is 0 Å². The second kappa shape index (κ2) is 17.1. The Balaban J connectivity index is 1.84. The third-order valence-corrected chi connectivity index (χ3v) is 8.90. The first-order chi connectivity index (χ1) is 21.0. The number of carbonyl (C=O) groups excluding carboxylic acids is 1. The smallest absolute Gasteiger partial charge is 0.407 e. The molecule has 238 valence electrons. The van der Waals surface area contributed by atoms with Crippen LogP contribution in [0.15, 0.2) is 90.3 Å². The molecule has 0 bridgehead atoms. The van der Waals surface area contributed by atoms with Crippen LogP contribution in [0.25, 0.3) is 0 Å². The van der Waals surface area contributed by atoms with E-state index < -0.39 is 22.3 Å². The van der Waals surface area contributed by atoms with Gasteiger partial charge in [0.2, 0.25) is 0 Å². The van der Waals surface area contributed by atoms with Gasteiger partial charge in [0.15, 0.2) is 0 Å². The van der Waals surface area contributed by atoms with Gasteiger partial charge in [-0.15, -0.1) is 0 Å². The zero-order chi connectivity index (χ0) is 32.0. The van der Waals surface area contributed by atoms with Crippen molar-refractivity contribution in [2.24, 2.45) is 5.41 Å². The van der Waals surface area contributed by atoms with Crippen LogP contribution in [-0.2, 0) is 37.8 Å². The topological polar surface area (TPSA) is 100 Å². The Morgan fingerprint density at radius 1 is 0.864 bits per heavy atom. The number of rotatable bonds is 16. The molecule has 0 saturated heterocycles. The number of amides is 1. The molecule has 0 spiro atoms. The lowest BCUT2D eigenvalue weighted by Gasteiger charge is -2.26. The van der Waals surface area contributed by atoms with Gasteiger partial charge in [-0.1, -0.05) is 75.4 Å². The molecule has 0 aliphatic heterocycles. The van der Waals surface area contributed by atoms with Crippen LogP contribution in [0.4, 0.5) is 4.79 Å². The van der Waals surface area contributed by atoms with Crippen molar-refractivity contribution in [1.82, 2.24) is 5.32 Å². The molecule has 2 atom stereocenters. The third-order valence-electron chi connectivity index (χ3n) is 6.51. The van der Waals surface area contributed by atoms with E-state index in [1.807, 2.05) is 99.6 Å². The zero-order valence-electron chi connectivity index (χ0n) is 26.0. The number of hydrogen-bond acceptors (Lipinski definition) is 8. The van der Waals surface area contributed by atoms with Crippen molar-refractivity contribution in [2.45, 2.75) is 57.3 Å². The number of benzene rings is 3. The van der Waals surface area contributed by atoms with Gasteiger partial charge < -0.3 is 19.5 Å². The van der Waals surface area contributed by atoms with Crippen LogP contribution in [0.3, 0.4) is 0 Å². The second-order valence-electron chi connectivity index (χ2n) is 11.5. The van der Waals surface area contributed by atoms with E-state index in [9.17, 15) is 13.2 Å². The highest BCUT2D eigenvalue weighted by atomic mass is 32.2. The Kier molecular flexibility index (Phi) is 13.6. The fraction of sp³-hybridized carbons (Fsp3) is 0.382. The van der Waals surface area contributed by atoms with Crippen LogP contribution in [0.5, 0.6) is 11.5 Å². The van der Waals surface area contributed by atoms with E-state index in [0.717, 1.165) is 33.6 Å². The van der Waals surface area contributed by atoms with E-state index in [0.29, 0.717) is 18.6 Å². The van der Waals surface area contributed by atoms with E-state index in [2.05, 4.69) is 5.32 Å². The van der Waals surface area contributed by atoms with Gasteiger partial charge in [0, 0.05) is 11.0 Å². The minimum atomic E-state index is -3.99. The monoisotopic (exact) mass is 641 g/mol. The summed E-state index contributed by atoms with van der Waals surface area (Å²) in [5, 5.41) is 3.74. The van der Waals surface area contributed by atoms with Gasteiger partial charge in [-0.25, -0.2) is 4.79 Å². The molecule has 44 heavy (non-hydrogen) atoms. The molecule has 1 N–H and O–H groups in total. The molecule has 10 heteroatoms. The summed E-state index contributed by atoms with van der Waals surface area (Å²) in [7, 11) is -0.746. The lowest BCUT2D eigenvalue weighted by molar-refractivity contribution is 0.137. The molecule has 0 saturated carbocycles. The first-order valence-corrected chi connectivity index (χ1v) is 16.9. The van der Waals surface area contributed by atoms with Crippen LogP contribution in [-0.4, -0.2) is 46.6 Å². The Morgan fingerprint density at radius 2 is 1.45 bits per heavy atom. The predicted octanol–water partition coefficient (Wildman–Crippen LogP) is 7.14. The highest BCUT2D eigenvalue weighted by Gasteiger charge is 2.24. The number of hydrogen-bond donors (Lipinski definition) is 1. The number of ether oxygens (including phenoxy) is 3. The van der Waals surface area contributed by atoms with Crippen LogP contribution in [0, 0.1) is 5.41 Å². The summed E-state index contributed by atoms with van der Waals surface area (Å²) in [5.41, 5.74) is 2.67. The van der Waals surface area contributed by atoms with Gasteiger partial charge in [-0.2, -0.15) is 20.2 Å². The van der Waals surface area contributed by atoms with Crippen molar-refractivity contribution < 1.29 is 31.6 Å². The number of thioether (sulfide) groups is 1. The van der Waals surface area contributed by atoms with Crippen LogP contribution in [0.1, 0.15) is 43.9 Å². The molecule has 0 heterocycles. The van der Waals surface area contributed by atoms with Crippen molar-refractivity contribution >= 4 is 28.0 Å². The molecule has 3 aromatic rings. The fourth-order valence-electron chi connectivity index (χ4n) is 4.04. The Morgan fingerprint density at radius 3 is 2.02 bits per heavy atom. The molecular weight excluding hydrogens is 599 g/mol. The third kappa shape index (κ3) is 13.0. The molecule has 0 radical (unpaired) electrons. The SMILES string of the molecule is COc1ccc(CCC(SCc2ccc(OC)cc2)C(/C=C/S(=O)(=O)OCC(C)(C)C)NC(=O)OCc2ccccc2)cc1. The molecule has 1 amide bonds. The number of carbonyl (C=O) groups is 1. The summed E-state index contributed by atoms with van der Waals surface area (Å²) in [6, 6.07) is 24.3. The maximum atomic E-state index is 13.0. The number of aryl methyl sites for hydroxylation is 1. The van der Waals surface area contributed by atoms with Crippen molar-refractivity contribution in [2.75, 3.05) is 20.8 Å². The van der Waals surface area contributed by atoms with E-state index >= 15 is 0 Å². The molecule has 3 aromatic carbocycles. The van der Waals surface area contributed by atoms with E-state index in [4.69, 9.17) is 18.4 Å². The highest BCUT2D eigenvalue weighted by Crippen LogP contribution is 2.27. The molecule has 8 nitrogen and oxygen atoms in total. The van der Waals surface area contributed by atoms with Crippen molar-refractivity contribution in [3.05, 3.63) is 107 Å². The average Bonchev–Trinajstić information content (AvgIpc) is 3.02. The molecular formula is C34H43NO7S2. The Bertz CT molecular complexity index is 1370. The fourth-order valence-corrected chi connectivity index (χ4v) is 6.25. The minimum absolute atomic E-state index is 0.0317. The summed E-state index contributed by atoms with van der Waals surface area (Å²) in [6.45, 7) is 5.80. The first-order valence-electron chi connectivity index (χ1n) is 14.4. The standard InChI is InChI=1S/C34H43NO7S2/c1-34(2,3)25-42-44(37,38)22-21-31(35-33(36)41-23-27-9-7-6-8-10-27)32(20-15-26-11-16-29(39-4)17-12-26)43-24-28-13-18-30(40-5)19-14-28/h6-14,16-19,21-22,31-32H,15,20,23-25H2,1-5H3,(H,35,36)/b22-21+. The van der Waals surface area contributed by atoms with Crippen LogP contribution < -0.4 is 14.8 Å². The molecule has 0 aliphatic rings. The van der Waals surface area contributed by atoms with Gasteiger partial charge in [0.25, 0.3) is 10.1 Å². The second-order valence-corrected chi connectivity index (χ2v) is 14.2. The van der Waals surface area contributed by atoms with Gasteiger partial charge in [0.1, 0.15) is 18.1 Å².